The van der Waals surface area contributed by atoms with Gasteiger partial charge in [-0.3, -0.25) is 0 Å². The largest absolute Gasteiger partial charge is 0.490 e. The van der Waals surface area contributed by atoms with Crippen molar-refractivity contribution in [1.29, 1.82) is 0 Å². The van der Waals surface area contributed by atoms with E-state index < -0.39 is 0 Å². The molecule has 0 aliphatic carbocycles. The molecular formula is C20H24BrNO. The van der Waals surface area contributed by atoms with Crippen molar-refractivity contribution in [3.63, 3.8) is 0 Å². The minimum Gasteiger partial charge on any atom is -0.490 e. The fourth-order valence-electron chi connectivity index (χ4n) is 3.25. The maximum atomic E-state index is 6.05. The summed E-state index contributed by atoms with van der Waals surface area (Å²) in [5.74, 6) is 1.04. The second kappa shape index (κ2) is 7.50. The normalized spacial score (nSPS) is 17.0. The number of fused-ring (bicyclic) bond motifs is 1. The van der Waals surface area contributed by atoms with Crippen molar-refractivity contribution in [2.24, 2.45) is 0 Å². The van der Waals surface area contributed by atoms with E-state index in [0.29, 0.717) is 12.1 Å². The Hall–Kier alpha value is -1.32. The maximum Gasteiger partial charge on any atom is 0.137 e. The Morgan fingerprint density at radius 3 is 2.65 bits per heavy atom. The van der Waals surface area contributed by atoms with Gasteiger partial charge in [0.1, 0.15) is 12.4 Å². The number of ether oxygens (including phenoxy) is 1. The lowest BCUT2D eigenvalue weighted by molar-refractivity contribution is 0.229. The highest BCUT2D eigenvalue weighted by Crippen LogP contribution is 2.36. The van der Waals surface area contributed by atoms with Crippen LogP contribution in [0.5, 0.6) is 5.75 Å². The van der Waals surface area contributed by atoms with Crippen molar-refractivity contribution >= 4 is 15.9 Å². The Morgan fingerprint density at radius 1 is 1.13 bits per heavy atom. The first-order chi connectivity index (χ1) is 11.1. The molecule has 0 radical (unpaired) electrons. The topological polar surface area (TPSA) is 21.3 Å². The molecule has 2 aromatic rings. The van der Waals surface area contributed by atoms with Gasteiger partial charge in [0.2, 0.25) is 0 Å². The molecule has 0 fully saturated rings. The number of hydrogen-bond acceptors (Lipinski definition) is 2. The highest BCUT2D eigenvalue weighted by Gasteiger charge is 2.24. The average molecular weight is 374 g/mol. The molecule has 1 N–H and O–H groups in total. The molecular weight excluding hydrogens is 350 g/mol. The molecule has 1 unspecified atom stereocenters. The third kappa shape index (κ3) is 4.15. The molecule has 122 valence electrons. The summed E-state index contributed by atoms with van der Waals surface area (Å²) in [6.07, 6.45) is 3.16. The monoisotopic (exact) mass is 373 g/mol. The first kappa shape index (κ1) is 16.5. The van der Waals surface area contributed by atoms with Crippen LogP contribution in [0.2, 0.25) is 0 Å². The summed E-state index contributed by atoms with van der Waals surface area (Å²) in [6, 6.07) is 15.9. The molecule has 1 aliphatic heterocycles. The van der Waals surface area contributed by atoms with Crippen LogP contribution >= 0.6 is 15.9 Å². The van der Waals surface area contributed by atoms with E-state index in [0.717, 1.165) is 36.1 Å². The van der Waals surface area contributed by atoms with Crippen LogP contribution in [0.1, 0.15) is 30.5 Å². The van der Waals surface area contributed by atoms with E-state index >= 15 is 0 Å². The van der Waals surface area contributed by atoms with E-state index in [1.54, 1.807) is 0 Å². The van der Waals surface area contributed by atoms with Gasteiger partial charge in [-0.25, -0.2) is 0 Å². The quantitative estimate of drug-likeness (QED) is 0.830. The fourth-order valence-corrected chi connectivity index (χ4v) is 3.73. The Kier molecular flexibility index (Phi) is 5.39. The van der Waals surface area contributed by atoms with Crippen molar-refractivity contribution in [2.75, 3.05) is 6.61 Å². The Labute approximate surface area is 147 Å². The van der Waals surface area contributed by atoms with Crippen LogP contribution in [-0.2, 0) is 19.3 Å². The summed E-state index contributed by atoms with van der Waals surface area (Å²) < 4.78 is 7.12. The molecule has 2 aromatic carbocycles. The molecule has 1 aliphatic rings. The van der Waals surface area contributed by atoms with Gasteiger partial charge in [0, 0.05) is 17.6 Å². The lowest BCUT2D eigenvalue weighted by Gasteiger charge is -2.30. The molecule has 0 aromatic heterocycles. The molecule has 0 spiro atoms. The zero-order valence-electron chi connectivity index (χ0n) is 13.8. The zero-order chi connectivity index (χ0) is 16.2. The third-order valence-corrected chi connectivity index (χ3v) is 4.91. The van der Waals surface area contributed by atoms with Crippen LogP contribution in [0.15, 0.2) is 46.9 Å². The van der Waals surface area contributed by atoms with Crippen molar-refractivity contribution in [3.05, 3.63) is 63.6 Å². The summed E-state index contributed by atoms with van der Waals surface area (Å²) >= 11 is 3.64. The predicted octanol–water partition coefficient (Wildman–Crippen LogP) is 4.54. The highest BCUT2D eigenvalue weighted by atomic mass is 79.9. The first-order valence-electron chi connectivity index (χ1n) is 8.36. The van der Waals surface area contributed by atoms with Gasteiger partial charge in [-0.15, -0.1) is 0 Å². The second-order valence-electron chi connectivity index (χ2n) is 6.53. The standard InChI is InChI=1S/C20H24BrNO/c1-14(2)22-17-12-18-16(9-8-15-6-4-3-5-7-15)10-11-19(21)20(18)23-13-17/h3-7,10-11,14,17,22H,8-9,12-13H2,1-2H3. The van der Waals surface area contributed by atoms with Gasteiger partial charge >= 0.3 is 0 Å². The predicted molar refractivity (Wildman–Crippen MR) is 99.3 cm³/mol. The molecule has 0 amide bonds. The van der Waals surface area contributed by atoms with Gasteiger partial charge in [0.05, 0.1) is 4.47 Å². The second-order valence-corrected chi connectivity index (χ2v) is 7.39. The van der Waals surface area contributed by atoms with Gasteiger partial charge < -0.3 is 10.1 Å². The van der Waals surface area contributed by atoms with Crippen LogP contribution in [0.25, 0.3) is 0 Å². The number of benzene rings is 2. The summed E-state index contributed by atoms with van der Waals surface area (Å²) in [7, 11) is 0. The van der Waals surface area contributed by atoms with Gasteiger partial charge in [0.15, 0.2) is 0 Å². The zero-order valence-corrected chi connectivity index (χ0v) is 15.4. The number of halogens is 1. The van der Waals surface area contributed by atoms with E-state index in [-0.39, 0.29) is 0 Å². The lowest BCUT2D eigenvalue weighted by atomic mass is 9.93. The minimum absolute atomic E-state index is 0.396. The molecule has 2 nitrogen and oxygen atoms in total. The van der Waals surface area contributed by atoms with Crippen LogP contribution < -0.4 is 10.1 Å². The molecule has 0 saturated carbocycles. The van der Waals surface area contributed by atoms with Crippen LogP contribution in [-0.4, -0.2) is 18.7 Å². The Morgan fingerprint density at radius 2 is 1.91 bits per heavy atom. The van der Waals surface area contributed by atoms with Crippen LogP contribution in [0.4, 0.5) is 0 Å². The molecule has 3 rings (SSSR count). The van der Waals surface area contributed by atoms with E-state index in [2.05, 4.69) is 77.6 Å². The Balaban J connectivity index is 1.79. The average Bonchev–Trinajstić information content (AvgIpc) is 2.55. The molecule has 1 atom stereocenters. The van der Waals surface area contributed by atoms with Crippen molar-refractivity contribution in [2.45, 2.75) is 45.2 Å². The number of rotatable bonds is 5. The van der Waals surface area contributed by atoms with Crippen LogP contribution in [0, 0.1) is 0 Å². The minimum atomic E-state index is 0.396. The van der Waals surface area contributed by atoms with Crippen molar-refractivity contribution < 1.29 is 4.74 Å². The summed E-state index contributed by atoms with van der Waals surface area (Å²) in [6.45, 7) is 5.12. The van der Waals surface area contributed by atoms with Gasteiger partial charge in [-0.1, -0.05) is 50.2 Å². The summed E-state index contributed by atoms with van der Waals surface area (Å²) in [4.78, 5) is 0. The molecule has 1 heterocycles. The van der Waals surface area contributed by atoms with Gasteiger partial charge in [-0.2, -0.15) is 0 Å². The molecule has 0 saturated heterocycles. The SMILES string of the molecule is CC(C)NC1COc2c(Br)ccc(CCc3ccccc3)c2C1. The first-order valence-corrected chi connectivity index (χ1v) is 9.16. The third-order valence-electron chi connectivity index (χ3n) is 4.28. The van der Waals surface area contributed by atoms with Gasteiger partial charge in [-0.05, 0) is 52.4 Å². The van der Waals surface area contributed by atoms with Crippen molar-refractivity contribution in [1.82, 2.24) is 5.32 Å². The van der Waals surface area contributed by atoms with Gasteiger partial charge in [0.25, 0.3) is 0 Å². The van der Waals surface area contributed by atoms with E-state index in [1.807, 2.05) is 0 Å². The number of aryl methyl sites for hydroxylation is 2. The van der Waals surface area contributed by atoms with E-state index in [1.165, 1.54) is 16.7 Å². The Bertz CT molecular complexity index is 654. The smallest absolute Gasteiger partial charge is 0.137 e. The lowest BCUT2D eigenvalue weighted by Crippen LogP contribution is -2.43. The molecule has 0 bridgehead atoms. The molecule has 3 heteroatoms. The van der Waals surface area contributed by atoms with Crippen LogP contribution in [0.3, 0.4) is 0 Å². The molecule has 23 heavy (non-hydrogen) atoms. The van der Waals surface area contributed by atoms with E-state index in [9.17, 15) is 0 Å². The summed E-state index contributed by atoms with van der Waals surface area (Å²) in [5.41, 5.74) is 4.15. The van der Waals surface area contributed by atoms with Crippen molar-refractivity contribution in [3.8, 4) is 5.75 Å². The number of nitrogens with one attached hydrogen (secondary N) is 1. The maximum absolute atomic E-state index is 6.05. The summed E-state index contributed by atoms with van der Waals surface area (Å²) in [5, 5.41) is 3.60. The fraction of sp³-hybridized carbons (Fsp3) is 0.400. The highest BCUT2D eigenvalue weighted by molar-refractivity contribution is 9.10. The number of hydrogen-bond donors (Lipinski definition) is 1. The van der Waals surface area contributed by atoms with E-state index in [4.69, 9.17) is 4.74 Å².